The van der Waals surface area contributed by atoms with E-state index >= 15 is 0 Å². The molecule has 2 heterocycles. The zero-order valence-corrected chi connectivity index (χ0v) is 12.7. The SMILES string of the molecule is C[C@@H](O)[C@H](NC(=O)C1CCCN1C(=O)[C@@H]1CCCN1)C(N)=O. The van der Waals surface area contributed by atoms with Gasteiger partial charge in [-0.3, -0.25) is 14.4 Å². The third-order valence-electron chi connectivity index (χ3n) is 4.28. The second kappa shape index (κ2) is 7.06. The lowest BCUT2D eigenvalue weighted by molar-refractivity contribution is -0.141. The zero-order valence-electron chi connectivity index (χ0n) is 12.7. The molecule has 8 heteroatoms. The second-order valence-corrected chi connectivity index (χ2v) is 5.97. The van der Waals surface area contributed by atoms with Crippen molar-refractivity contribution in [2.75, 3.05) is 13.1 Å². The van der Waals surface area contributed by atoms with Crippen molar-refractivity contribution in [3.05, 3.63) is 0 Å². The van der Waals surface area contributed by atoms with Gasteiger partial charge in [0.25, 0.3) is 0 Å². The highest BCUT2D eigenvalue weighted by atomic mass is 16.3. The smallest absolute Gasteiger partial charge is 0.243 e. The van der Waals surface area contributed by atoms with Gasteiger partial charge in [0.15, 0.2) is 0 Å². The molecule has 2 aliphatic rings. The van der Waals surface area contributed by atoms with Gasteiger partial charge in [-0.1, -0.05) is 0 Å². The van der Waals surface area contributed by atoms with Gasteiger partial charge in [0.1, 0.15) is 12.1 Å². The predicted molar refractivity (Wildman–Crippen MR) is 78.6 cm³/mol. The van der Waals surface area contributed by atoms with Crippen LogP contribution in [0.2, 0.25) is 0 Å². The van der Waals surface area contributed by atoms with Gasteiger partial charge in [-0.15, -0.1) is 0 Å². The maximum absolute atomic E-state index is 12.5. The van der Waals surface area contributed by atoms with E-state index in [1.54, 1.807) is 4.90 Å². The Kier molecular flexibility index (Phi) is 5.36. The molecule has 124 valence electrons. The van der Waals surface area contributed by atoms with Gasteiger partial charge >= 0.3 is 0 Å². The van der Waals surface area contributed by atoms with E-state index in [-0.39, 0.29) is 11.9 Å². The van der Waals surface area contributed by atoms with Crippen LogP contribution in [0, 0.1) is 0 Å². The summed E-state index contributed by atoms with van der Waals surface area (Å²) in [7, 11) is 0. The van der Waals surface area contributed by atoms with Crippen molar-refractivity contribution in [3.8, 4) is 0 Å². The fraction of sp³-hybridized carbons (Fsp3) is 0.786. The minimum Gasteiger partial charge on any atom is -0.391 e. The Morgan fingerprint density at radius 3 is 2.59 bits per heavy atom. The Hall–Kier alpha value is -1.67. The minimum atomic E-state index is -1.14. The van der Waals surface area contributed by atoms with Crippen LogP contribution in [0.25, 0.3) is 0 Å². The molecule has 0 saturated carbocycles. The Labute approximate surface area is 129 Å². The van der Waals surface area contributed by atoms with Crippen molar-refractivity contribution < 1.29 is 19.5 Å². The summed E-state index contributed by atoms with van der Waals surface area (Å²) in [5, 5.41) is 15.1. The lowest BCUT2D eigenvalue weighted by Crippen LogP contribution is -2.57. The fourth-order valence-corrected chi connectivity index (χ4v) is 3.08. The molecule has 0 aromatic heterocycles. The summed E-state index contributed by atoms with van der Waals surface area (Å²) >= 11 is 0. The molecule has 0 aromatic rings. The summed E-state index contributed by atoms with van der Waals surface area (Å²) < 4.78 is 0. The van der Waals surface area contributed by atoms with Gasteiger partial charge in [-0.2, -0.15) is 0 Å². The van der Waals surface area contributed by atoms with E-state index < -0.39 is 30.0 Å². The molecule has 4 atom stereocenters. The number of carbonyl (C=O) groups excluding carboxylic acids is 3. The van der Waals surface area contributed by atoms with Gasteiger partial charge < -0.3 is 26.4 Å². The first-order valence-electron chi connectivity index (χ1n) is 7.73. The number of primary amides is 1. The first-order valence-corrected chi connectivity index (χ1v) is 7.73. The number of rotatable bonds is 5. The first kappa shape index (κ1) is 16.7. The number of carbonyl (C=O) groups is 3. The molecular formula is C14H24N4O4. The number of hydrogen-bond donors (Lipinski definition) is 4. The predicted octanol–water partition coefficient (Wildman–Crippen LogP) is -1.92. The van der Waals surface area contributed by atoms with Crippen LogP contribution < -0.4 is 16.4 Å². The van der Waals surface area contributed by atoms with Crippen molar-refractivity contribution >= 4 is 17.7 Å². The maximum atomic E-state index is 12.5. The van der Waals surface area contributed by atoms with Crippen LogP contribution in [0.15, 0.2) is 0 Å². The van der Waals surface area contributed by atoms with Gasteiger partial charge in [0.05, 0.1) is 12.1 Å². The molecule has 0 bridgehead atoms. The van der Waals surface area contributed by atoms with Crippen LogP contribution in [0.4, 0.5) is 0 Å². The van der Waals surface area contributed by atoms with Crippen LogP contribution in [-0.4, -0.2) is 65.0 Å². The monoisotopic (exact) mass is 312 g/mol. The highest BCUT2D eigenvalue weighted by Gasteiger charge is 2.39. The van der Waals surface area contributed by atoms with Gasteiger partial charge in [-0.25, -0.2) is 0 Å². The highest BCUT2D eigenvalue weighted by Crippen LogP contribution is 2.21. The van der Waals surface area contributed by atoms with Crippen LogP contribution in [0.3, 0.4) is 0 Å². The average molecular weight is 312 g/mol. The molecule has 2 aliphatic heterocycles. The van der Waals surface area contributed by atoms with E-state index in [0.717, 1.165) is 25.8 Å². The number of aliphatic hydroxyl groups excluding tert-OH is 1. The number of nitrogens with one attached hydrogen (secondary N) is 2. The molecule has 8 nitrogen and oxygen atoms in total. The third kappa shape index (κ3) is 3.56. The Morgan fingerprint density at radius 1 is 1.32 bits per heavy atom. The average Bonchev–Trinajstić information content (AvgIpc) is 3.13. The van der Waals surface area contributed by atoms with Crippen LogP contribution >= 0.6 is 0 Å². The fourth-order valence-electron chi connectivity index (χ4n) is 3.08. The molecule has 2 fully saturated rings. The Morgan fingerprint density at radius 2 is 2.05 bits per heavy atom. The molecule has 1 unspecified atom stereocenters. The second-order valence-electron chi connectivity index (χ2n) is 5.97. The van der Waals surface area contributed by atoms with E-state index in [1.165, 1.54) is 6.92 Å². The number of nitrogens with zero attached hydrogens (tertiary/aromatic N) is 1. The number of likely N-dealkylation sites (tertiary alicyclic amines) is 1. The molecule has 5 N–H and O–H groups in total. The molecule has 0 aromatic carbocycles. The normalized spacial score (nSPS) is 27.5. The summed E-state index contributed by atoms with van der Waals surface area (Å²) in [6, 6.07) is -1.97. The van der Waals surface area contributed by atoms with Gasteiger partial charge in [0, 0.05) is 6.54 Å². The molecule has 22 heavy (non-hydrogen) atoms. The van der Waals surface area contributed by atoms with Crippen molar-refractivity contribution in [3.63, 3.8) is 0 Å². The van der Waals surface area contributed by atoms with E-state index in [2.05, 4.69) is 10.6 Å². The topological polar surface area (TPSA) is 125 Å². The third-order valence-corrected chi connectivity index (χ3v) is 4.28. The number of hydrogen-bond acceptors (Lipinski definition) is 5. The quantitative estimate of drug-likeness (QED) is 0.471. The molecule has 2 saturated heterocycles. The molecular weight excluding hydrogens is 288 g/mol. The summed E-state index contributed by atoms with van der Waals surface area (Å²) in [6.07, 6.45) is 1.94. The Bertz CT molecular complexity index is 448. The molecule has 3 amide bonds. The first-order chi connectivity index (χ1) is 10.4. The number of amides is 3. The summed E-state index contributed by atoms with van der Waals surface area (Å²) in [4.78, 5) is 37.6. The van der Waals surface area contributed by atoms with Gasteiger partial charge in [0.2, 0.25) is 17.7 Å². The summed E-state index contributed by atoms with van der Waals surface area (Å²) in [5.41, 5.74) is 5.17. The van der Waals surface area contributed by atoms with Crippen molar-refractivity contribution in [2.45, 2.75) is 56.8 Å². The number of nitrogens with two attached hydrogens (primary N) is 1. The van der Waals surface area contributed by atoms with Crippen LogP contribution in [0.5, 0.6) is 0 Å². The van der Waals surface area contributed by atoms with Crippen molar-refractivity contribution in [1.82, 2.24) is 15.5 Å². The van der Waals surface area contributed by atoms with Crippen LogP contribution in [-0.2, 0) is 14.4 Å². The van der Waals surface area contributed by atoms with Gasteiger partial charge in [-0.05, 0) is 39.2 Å². The molecule has 0 radical (unpaired) electrons. The zero-order chi connectivity index (χ0) is 16.3. The minimum absolute atomic E-state index is 0.0668. The lowest BCUT2D eigenvalue weighted by Gasteiger charge is -2.28. The lowest BCUT2D eigenvalue weighted by atomic mass is 10.1. The standard InChI is InChI=1S/C14H24N4O4/c1-8(19)11(12(15)20)17-13(21)10-5-3-7-18(10)14(22)9-4-2-6-16-9/h8-11,16,19H,2-7H2,1H3,(H2,15,20)(H,17,21)/t8-,9+,10?,11+/m1/s1. The van der Waals surface area contributed by atoms with Crippen molar-refractivity contribution in [2.24, 2.45) is 5.73 Å². The number of aliphatic hydroxyl groups is 1. The van der Waals surface area contributed by atoms with E-state index in [4.69, 9.17) is 5.73 Å². The molecule has 0 spiro atoms. The molecule has 2 rings (SSSR count). The van der Waals surface area contributed by atoms with E-state index in [1.807, 2.05) is 0 Å². The summed E-state index contributed by atoms with van der Waals surface area (Å²) in [5.74, 6) is -1.30. The van der Waals surface area contributed by atoms with Crippen molar-refractivity contribution in [1.29, 1.82) is 0 Å². The molecule has 0 aliphatic carbocycles. The van der Waals surface area contributed by atoms with E-state index in [9.17, 15) is 19.5 Å². The largest absolute Gasteiger partial charge is 0.391 e. The van der Waals surface area contributed by atoms with E-state index in [0.29, 0.717) is 13.0 Å². The highest BCUT2D eigenvalue weighted by molar-refractivity contribution is 5.93. The Balaban J connectivity index is 2.01. The van der Waals surface area contributed by atoms with Crippen LogP contribution in [0.1, 0.15) is 32.6 Å². The summed E-state index contributed by atoms with van der Waals surface area (Å²) in [6.45, 7) is 2.73. The maximum Gasteiger partial charge on any atom is 0.243 e.